The molecule has 0 aromatic carbocycles. The van der Waals surface area contributed by atoms with Crippen LogP contribution in [0.4, 0.5) is 0 Å². The minimum absolute atomic E-state index is 0.00682. The minimum Gasteiger partial charge on any atom is -0.480 e. The van der Waals surface area contributed by atoms with Gasteiger partial charge in [-0.15, -0.1) is 0 Å². The average molecular weight is 515 g/mol. The molecule has 1 aromatic rings. The van der Waals surface area contributed by atoms with Crippen molar-refractivity contribution >= 4 is 42.2 Å². The normalized spacial score (nSPS) is 14.2. The number of hydrogen-bond donors (Lipinski definition) is 9. The molecule has 0 bridgehead atoms. The van der Waals surface area contributed by atoms with Gasteiger partial charge in [0.15, 0.2) is 0 Å². The van der Waals surface area contributed by atoms with Gasteiger partial charge >= 0.3 is 5.97 Å². The van der Waals surface area contributed by atoms with E-state index < -0.39 is 53.8 Å². The van der Waals surface area contributed by atoms with Crippen LogP contribution in [0.2, 0.25) is 0 Å². The van der Waals surface area contributed by atoms with Crippen LogP contribution in [0, 0.1) is 0 Å². The standard InChI is InChI=1S/C20H34N8O6S/c1-11(17(30)27-13(20(33)34)4-2-3-5-21)25-18(31)14(6-12-8-23-10-24-12)28-19(32)15(9-35)26-16(29)7-22/h8,10-11,13-15,35H,2-7,9,21-22H2,1H3,(H,23,24)(H,25,31)(H,26,29)(H,27,30)(H,28,32)(H,33,34)/t11-,13-,14-,15-/m0/s1. The second kappa shape index (κ2) is 15.7. The van der Waals surface area contributed by atoms with E-state index in [4.69, 9.17) is 11.5 Å². The largest absolute Gasteiger partial charge is 0.480 e. The Kier molecular flexibility index (Phi) is 13.4. The number of amides is 4. The van der Waals surface area contributed by atoms with Crippen molar-refractivity contribution < 1.29 is 29.1 Å². The average Bonchev–Trinajstić information content (AvgIpc) is 3.34. The number of imidazole rings is 1. The number of carboxylic acid groups (broad SMARTS) is 1. The Bertz CT molecular complexity index is 853. The first-order valence-electron chi connectivity index (χ1n) is 11.0. The van der Waals surface area contributed by atoms with E-state index in [-0.39, 0.29) is 25.1 Å². The van der Waals surface area contributed by atoms with Gasteiger partial charge in [0.1, 0.15) is 24.2 Å². The van der Waals surface area contributed by atoms with E-state index in [1.807, 2.05) is 0 Å². The van der Waals surface area contributed by atoms with Crippen molar-refractivity contribution in [3.63, 3.8) is 0 Å². The second-order valence-corrected chi connectivity index (χ2v) is 8.13. The molecule has 1 heterocycles. The van der Waals surface area contributed by atoms with Gasteiger partial charge < -0.3 is 42.8 Å². The molecule has 196 valence electrons. The highest BCUT2D eigenvalue weighted by atomic mass is 32.1. The zero-order chi connectivity index (χ0) is 26.4. The maximum atomic E-state index is 12.9. The SMILES string of the molecule is C[C@H](NC(=O)[C@H](Cc1cnc[nH]1)NC(=O)[C@H](CS)NC(=O)CN)C(=O)N[C@@H](CCCCN)C(=O)O. The summed E-state index contributed by atoms with van der Waals surface area (Å²) in [5.74, 6) is -3.89. The third-order valence-electron chi connectivity index (χ3n) is 4.95. The van der Waals surface area contributed by atoms with E-state index in [9.17, 15) is 29.1 Å². The van der Waals surface area contributed by atoms with E-state index in [2.05, 4.69) is 43.9 Å². The molecule has 0 unspecified atom stereocenters. The van der Waals surface area contributed by atoms with Crippen molar-refractivity contribution in [1.29, 1.82) is 0 Å². The van der Waals surface area contributed by atoms with E-state index >= 15 is 0 Å². The van der Waals surface area contributed by atoms with E-state index in [1.165, 1.54) is 19.4 Å². The van der Waals surface area contributed by atoms with Gasteiger partial charge in [0, 0.05) is 24.1 Å². The maximum absolute atomic E-state index is 12.9. The summed E-state index contributed by atoms with van der Waals surface area (Å²) < 4.78 is 0. The van der Waals surface area contributed by atoms with Crippen molar-refractivity contribution in [3.8, 4) is 0 Å². The quantitative estimate of drug-likeness (QED) is 0.0807. The van der Waals surface area contributed by atoms with Crippen LogP contribution in [-0.2, 0) is 30.4 Å². The number of thiol groups is 1. The Morgan fingerprint density at radius 1 is 1.00 bits per heavy atom. The molecule has 4 amide bonds. The van der Waals surface area contributed by atoms with E-state index in [0.717, 1.165) is 0 Å². The molecule has 0 spiro atoms. The predicted molar refractivity (Wildman–Crippen MR) is 129 cm³/mol. The monoisotopic (exact) mass is 514 g/mol. The molecule has 10 N–H and O–H groups in total. The lowest BCUT2D eigenvalue weighted by Crippen LogP contribution is -2.58. The number of nitrogens with zero attached hydrogens (tertiary/aromatic N) is 1. The van der Waals surface area contributed by atoms with Gasteiger partial charge in [-0.05, 0) is 32.7 Å². The van der Waals surface area contributed by atoms with E-state index in [1.54, 1.807) is 0 Å². The summed E-state index contributed by atoms with van der Waals surface area (Å²) in [4.78, 5) is 67.8. The number of nitrogens with two attached hydrogens (primary N) is 2. The Morgan fingerprint density at radius 2 is 1.66 bits per heavy atom. The number of aliphatic carboxylic acids is 1. The number of unbranched alkanes of at least 4 members (excludes halogenated alkanes) is 1. The van der Waals surface area contributed by atoms with Crippen LogP contribution in [0.15, 0.2) is 12.5 Å². The van der Waals surface area contributed by atoms with Gasteiger partial charge in [-0.25, -0.2) is 9.78 Å². The molecule has 1 rings (SSSR count). The molecule has 0 fully saturated rings. The molecular formula is C20H34N8O6S. The molecule has 0 aliphatic carbocycles. The first-order valence-corrected chi connectivity index (χ1v) is 11.7. The smallest absolute Gasteiger partial charge is 0.326 e. The highest BCUT2D eigenvalue weighted by Gasteiger charge is 2.29. The summed E-state index contributed by atoms with van der Waals surface area (Å²) in [5.41, 5.74) is 11.2. The van der Waals surface area contributed by atoms with Gasteiger partial charge in [0.25, 0.3) is 0 Å². The molecule has 0 radical (unpaired) electrons. The highest BCUT2D eigenvalue weighted by molar-refractivity contribution is 7.80. The number of nitrogens with one attached hydrogen (secondary N) is 5. The summed E-state index contributed by atoms with van der Waals surface area (Å²) in [6, 6.07) is -4.42. The summed E-state index contributed by atoms with van der Waals surface area (Å²) in [6.45, 7) is 1.46. The second-order valence-electron chi connectivity index (χ2n) is 7.76. The van der Waals surface area contributed by atoms with Crippen LogP contribution in [0.1, 0.15) is 31.9 Å². The number of carbonyl (C=O) groups is 5. The summed E-state index contributed by atoms with van der Waals surface area (Å²) >= 11 is 4.05. The molecule has 14 nitrogen and oxygen atoms in total. The third-order valence-corrected chi connectivity index (χ3v) is 5.31. The first kappa shape index (κ1) is 29.9. The number of H-pyrrole nitrogens is 1. The number of aromatic amines is 1. The predicted octanol–water partition coefficient (Wildman–Crippen LogP) is -2.99. The lowest BCUT2D eigenvalue weighted by molar-refractivity contribution is -0.142. The van der Waals surface area contributed by atoms with Crippen molar-refractivity contribution in [2.24, 2.45) is 11.5 Å². The van der Waals surface area contributed by atoms with Crippen LogP contribution in [-0.4, -0.2) is 87.7 Å². The zero-order valence-electron chi connectivity index (χ0n) is 19.5. The number of carbonyl (C=O) groups excluding carboxylic acids is 4. The first-order chi connectivity index (χ1) is 16.6. The fourth-order valence-corrected chi connectivity index (χ4v) is 3.23. The molecule has 1 aromatic heterocycles. The van der Waals surface area contributed by atoms with Gasteiger partial charge in [0.05, 0.1) is 12.9 Å². The Labute approximate surface area is 208 Å². The van der Waals surface area contributed by atoms with Gasteiger partial charge in [-0.3, -0.25) is 19.2 Å². The molecule has 0 aliphatic heterocycles. The minimum atomic E-state index is -1.20. The highest BCUT2D eigenvalue weighted by Crippen LogP contribution is 2.04. The fraction of sp³-hybridized carbons (Fsp3) is 0.600. The summed E-state index contributed by atoms with van der Waals surface area (Å²) in [7, 11) is 0. The summed E-state index contributed by atoms with van der Waals surface area (Å²) in [5, 5.41) is 19.1. The molecule has 15 heteroatoms. The number of aromatic nitrogens is 2. The maximum Gasteiger partial charge on any atom is 0.326 e. The van der Waals surface area contributed by atoms with Crippen LogP contribution in [0.25, 0.3) is 0 Å². The Balaban J connectivity index is 2.86. The van der Waals surface area contributed by atoms with Crippen molar-refractivity contribution in [2.75, 3.05) is 18.8 Å². The Hall–Kier alpha value is -3.17. The number of hydrogen-bond acceptors (Lipinski definition) is 9. The third kappa shape index (κ3) is 10.7. The number of rotatable bonds is 16. The van der Waals surface area contributed by atoms with E-state index in [0.29, 0.717) is 25.1 Å². The fourth-order valence-electron chi connectivity index (χ4n) is 2.97. The topological polar surface area (TPSA) is 234 Å². The van der Waals surface area contributed by atoms with Gasteiger partial charge in [-0.1, -0.05) is 0 Å². The lowest BCUT2D eigenvalue weighted by atomic mass is 10.1. The van der Waals surface area contributed by atoms with Crippen LogP contribution in [0.5, 0.6) is 0 Å². The van der Waals surface area contributed by atoms with Crippen LogP contribution >= 0.6 is 12.6 Å². The zero-order valence-corrected chi connectivity index (χ0v) is 20.3. The molecule has 0 saturated carbocycles. The van der Waals surface area contributed by atoms with Gasteiger partial charge in [-0.2, -0.15) is 12.6 Å². The molecule has 35 heavy (non-hydrogen) atoms. The molecule has 4 atom stereocenters. The molecule has 0 aliphatic rings. The number of carboxylic acids is 1. The molecule has 0 saturated heterocycles. The Morgan fingerprint density at radius 3 is 2.20 bits per heavy atom. The lowest BCUT2D eigenvalue weighted by Gasteiger charge is -2.24. The summed E-state index contributed by atoms with van der Waals surface area (Å²) in [6.07, 6.45) is 4.19. The van der Waals surface area contributed by atoms with Crippen LogP contribution in [0.3, 0.4) is 0 Å². The molecular weight excluding hydrogens is 480 g/mol. The van der Waals surface area contributed by atoms with Crippen molar-refractivity contribution in [3.05, 3.63) is 18.2 Å². The van der Waals surface area contributed by atoms with Crippen molar-refractivity contribution in [1.82, 2.24) is 31.2 Å². The van der Waals surface area contributed by atoms with Gasteiger partial charge in [0.2, 0.25) is 23.6 Å². The van der Waals surface area contributed by atoms with Crippen LogP contribution < -0.4 is 32.7 Å². The van der Waals surface area contributed by atoms with Crippen molar-refractivity contribution in [2.45, 2.75) is 56.8 Å².